The van der Waals surface area contributed by atoms with Gasteiger partial charge in [0.15, 0.2) is 0 Å². The summed E-state index contributed by atoms with van der Waals surface area (Å²) in [6.07, 6.45) is 1.73. The Morgan fingerprint density at radius 1 is 1.10 bits per heavy atom. The number of primary sulfonamides is 1. The van der Waals surface area contributed by atoms with Crippen molar-refractivity contribution < 1.29 is 22.7 Å². The topological polar surface area (TPSA) is 119 Å². The molecular formula is C22H27N3O5S. The highest BCUT2D eigenvalue weighted by Gasteiger charge is 2.28. The number of carbonyl (C=O) groups excluding carboxylic acids is 2. The van der Waals surface area contributed by atoms with E-state index in [2.05, 4.69) is 5.32 Å². The third-order valence-corrected chi connectivity index (χ3v) is 5.80. The minimum Gasteiger partial charge on any atom is -0.493 e. The quantitative estimate of drug-likeness (QED) is 0.645. The number of hydrogen-bond donors (Lipinski definition) is 2. The van der Waals surface area contributed by atoms with E-state index in [4.69, 9.17) is 9.88 Å². The largest absolute Gasteiger partial charge is 0.493 e. The predicted molar refractivity (Wildman–Crippen MR) is 118 cm³/mol. The molecule has 2 aromatic rings. The van der Waals surface area contributed by atoms with E-state index >= 15 is 0 Å². The second kappa shape index (κ2) is 10.4. The van der Waals surface area contributed by atoms with Crippen LogP contribution in [0.1, 0.15) is 24.8 Å². The van der Waals surface area contributed by atoms with Gasteiger partial charge in [0.1, 0.15) is 5.75 Å². The van der Waals surface area contributed by atoms with Crippen LogP contribution in [0, 0.1) is 5.92 Å². The van der Waals surface area contributed by atoms with Gasteiger partial charge < -0.3 is 15.0 Å². The molecule has 0 aliphatic carbocycles. The van der Waals surface area contributed by atoms with E-state index in [1.807, 2.05) is 30.3 Å². The van der Waals surface area contributed by atoms with Crippen LogP contribution in [0.2, 0.25) is 0 Å². The van der Waals surface area contributed by atoms with Gasteiger partial charge >= 0.3 is 0 Å². The molecule has 1 aliphatic rings. The maximum absolute atomic E-state index is 12.7. The van der Waals surface area contributed by atoms with E-state index in [1.54, 1.807) is 29.2 Å². The zero-order chi connectivity index (χ0) is 22.3. The lowest BCUT2D eigenvalue weighted by Gasteiger charge is -2.32. The molecule has 0 spiro atoms. The van der Waals surface area contributed by atoms with Gasteiger partial charge in [-0.3, -0.25) is 9.59 Å². The van der Waals surface area contributed by atoms with Crippen LogP contribution in [-0.2, 0) is 25.4 Å². The van der Waals surface area contributed by atoms with Gasteiger partial charge in [-0.25, -0.2) is 13.6 Å². The van der Waals surface area contributed by atoms with Crippen LogP contribution in [0.5, 0.6) is 5.75 Å². The second-order valence-corrected chi connectivity index (χ2v) is 9.20. The summed E-state index contributed by atoms with van der Waals surface area (Å²) in [6.45, 7) is 1.30. The average molecular weight is 446 g/mol. The Kier molecular flexibility index (Phi) is 7.64. The number of hydrogen-bond acceptors (Lipinski definition) is 5. The summed E-state index contributed by atoms with van der Waals surface area (Å²) in [4.78, 5) is 26.9. The first kappa shape index (κ1) is 22.8. The van der Waals surface area contributed by atoms with E-state index in [-0.39, 0.29) is 29.9 Å². The number of carbonyl (C=O) groups is 2. The van der Waals surface area contributed by atoms with E-state index in [9.17, 15) is 18.0 Å². The van der Waals surface area contributed by atoms with Crippen molar-refractivity contribution in [2.24, 2.45) is 11.1 Å². The molecule has 1 aliphatic heterocycles. The molecule has 1 heterocycles. The summed E-state index contributed by atoms with van der Waals surface area (Å²) < 4.78 is 27.9. The zero-order valence-corrected chi connectivity index (χ0v) is 18.0. The number of sulfonamides is 1. The highest BCUT2D eigenvalue weighted by molar-refractivity contribution is 7.88. The molecule has 0 radical (unpaired) electrons. The Balaban J connectivity index is 1.47. The average Bonchev–Trinajstić information content (AvgIpc) is 2.75. The van der Waals surface area contributed by atoms with Crippen molar-refractivity contribution in [3.63, 3.8) is 0 Å². The Morgan fingerprint density at radius 2 is 1.81 bits per heavy atom. The number of amides is 2. The van der Waals surface area contributed by atoms with E-state index in [0.29, 0.717) is 37.4 Å². The van der Waals surface area contributed by atoms with Crippen molar-refractivity contribution in [2.75, 3.05) is 25.0 Å². The first-order chi connectivity index (χ1) is 14.8. The predicted octanol–water partition coefficient (Wildman–Crippen LogP) is 2.12. The molecule has 166 valence electrons. The SMILES string of the molecule is NS(=O)(=O)Cc1ccc(NC(=O)C2CCCN(C(=O)CCOc3ccccc3)C2)cc1. The third kappa shape index (κ3) is 7.37. The Morgan fingerprint density at radius 3 is 2.48 bits per heavy atom. The van der Waals surface area contributed by atoms with Crippen molar-refractivity contribution >= 4 is 27.5 Å². The van der Waals surface area contributed by atoms with Crippen LogP contribution in [-0.4, -0.2) is 44.8 Å². The number of likely N-dealkylation sites (tertiary alicyclic amines) is 1. The summed E-state index contributed by atoms with van der Waals surface area (Å²) >= 11 is 0. The number of rotatable bonds is 8. The molecule has 31 heavy (non-hydrogen) atoms. The van der Waals surface area contributed by atoms with Crippen molar-refractivity contribution in [1.82, 2.24) is 4.90 Å². The molecule has 0 saturated carbocycles. The molecule has 9 heteroatoms. The van der Waals surface area contributed by atoms with Crippen LogP contribution in [0.25, 0.3) is 0 Å². The number of benzene rings is 2. The molecule has 2 aromatic carbocycles. The summed E-state index contributed by atoms with van der Waals surface area (Å²) in [5.41, 5.74) is 1.12. The summed E-state index contributed by atoms with van der Waals surface area (Å²) in [5, 5.41) is 7.89. The van der Waals surface area contributed by atoms with Crippen molar-refractivity contribution in [2.45, 2.75) is 25.0 Å². The van der Waals surface area contributed by atoms with Crippen LogP contribution < -0.4 is 15.2 Å². The summed E-state index contributed by atoms with van der Waals surface area (Å²) in [7, 11) is -3.60. The van der Waals surface area contributed by atoms with Gasteiger partial charge in [-0.15, -0.1) is 0 Å². The Hall–Kier alpha value is -2.91. The van der Waals surface area contributed by atoms with Crippen LogP contribution in [0.15, 0.2) is 54.6 Å². The third-order valence-electron chi connectivity index (χ3n) is 5.06. The fraction of sp³-hybridized carbons (Fsp3) is 0.364. The maximum atomic E-state index is 12.7. The molecular weight excluding hydrogens is 418 g/mol. The lowest BCUT2D eigenvalue weighted by molar-refractivity contribution is -0.135. The Labute approximate surface area is 182 Å². The number of nitrogens with one attached hydrogen (secondary N) is 1. The molecule has 3 rings (SSSR count). The van der Waals surface area contributed by atoms with Gasteiger partial charge in [-0.1, -0.05) is 30.3 Å². The van der Waals surface area contributed by atoms with Gasteiger partial charge in [0.2, 0.25) is 21.8 Å². The molecule has 8 nitrogen and oxygen atoms in total. The Bertz CT molecular complexity index is 994. The number of para-hydroxylation sites is 1. The second-order valence-electron chi connectivity index (χ2n) is 7.58. The minimum atomic E-state index is -3.60. The number of ether oxygens (including phenoxy) is 1. The van der Waals surface area contributed by atoms with E-state index < -0.39 is 10.0 Å². The van der Waals surface area contributed by atoms with E-state index in [0.717, 1.165) is 12.2 Å². The summed E-state index contributed by atoms with van der Waals surface area (Å²) in [5.74, 6) is -0.00864. The van der Waals surface area contributed by atoms with Crippen molar-refractivity contribution in [1.29, 1.82) is 0 Å². The minimum absolute atomic E-state index is 0.0271. The van der Waals surface area contributed by atoms with Gasteiger partial charge in [0.25, 0.3) is 0 Å². The first-order valence-electron chi connectivity index (χ1n) is 10.2. The highest BCUT2D eigenvalue weighted by atomic mass is 32.2. The standard InChI is InChI=1S/C22H27N3O5S/c23-31(28,29)16-17-8-10-19(11-9-17)24-22(27)18-5-4-13-25(15-18)21(26)12-14-30-20-6-2-1-3-7-20/h1-3,6-11,18H,4-5,12-16H2,(H,24,27)(H2,23,28,29). The van der Waals surface area contributed by atoms with Gasteiger partial charge in [0, 0.05) is 18.8 Å². The smallest absolute Gasteiger partial charge is 0.229 e. The summed E-state index contributed by atoms with van der Waals surface area (Å²) in [6, 6.07) is 15.8. The van der Waals surface area contributed by atoms with Crippen LogP contribution in [0.4, 0.5) is 5.69 Å². The molecule has 1 atom stereocenters. The molecule has 1 fully saturated rings. The molecule has 1 saturated heterocycles. The number of piperidine rings is 1. The number of nitrogens with two attached hydrogens (primary N) is 1. The molecule has 0 bridgehead atoms. The monoisotopic (exact) mass is 445 g/mol. The molecule has 1 unspecified atom stereocenters. The van der Waals surface area contributed by atoms with Gasteiger partial charge in [0.05, 0.1) is 24.7 Å². The molecule has 3 N–H and O–H groups in total. The highest BCUT2D eigenvalue weighted by Crippen LogP contribution is 2.20. The molecule has 2 amide bonds. The van der Waals surface area contributed by atoms with Crippen molar-refractivity contribution in [3.8, 4) is 5.75 Å². The normalized spacial score (nSPS) is 16.5. The van der Waals surface area contributed by atoms with Crippen LogP contribution in [0.3, 0.4) is 0 Å². The van der Waals surface area contributed by atoms with Crippen LogP contribution >= 0.6 is 0 Å². The molecule has 0 aromatic heterocycles. The van der Waals surface area contributed by atoms with Gasteiger partial charge in [-0.2, -0.15) is 0 Å². The first-order valence-corrected chi connectivity index (χ1v) is 11.9. The van der Waals surface area contributed by atoms with E-state index in [1.165, 1.54) is 0 Å². The van der Waals surface area contributed by atoms with Crippen molar-refractivity contribution in [3.05, 3.63) is 60.2 Å². The fourth-order valence-corrected chi connectivity index (χ4v) is 4.17. The number of nitrogens with zero attached hydrogens (tertiary/aromatic N) is 1. The van der Waals surface area contributed by atoms with Gasteiger partial charge in [-0.05, 0) is 42.7 Å². The maximum Gasteiger partial charge on any atom is 0.229 e. The fourth-order valence-electron chi connectivity index (χ4n) is 3.51. The number of anilines is 1. The zero-order valence-electron chi connectivity index (χ0n) is 17.2. The lowest BCUT2D eigenvalue weighted by Crippen LogP contribution is -2.44. The lowest BCUT2D eigenvalue weighted by atomic mass is 9.96.